The summed E-state index contributed by atoms with van der Waals surface area (Å²) in [7, 11) is 0. The Labute approximate surface area is 143 Å². The molecule has 2 aliphatic rings. The van der Waals surface area contributed by atoms with E-state index < -0.39 is 0 Å². The van der Waals surface area contributed by atoms with Crippen molar-refractivity contribution in [2.75, 3.05) is 32.8 Å². The Hall–Kier alpha value is -1.59. The number of hydrogen-bond acceptors (Lipinski definition) is 4. The number of furan rings is 1. The molecule has 2 fully saturated rings. The summed E-state index contributed by atoms with van der Waals surface area (Å²) in [6.07, 6.45) is 10.3. The molecule has 2 atom stereocenters. The van der Waals surface area contributed by atoms with E-state index in [0.29, 0.717) is 24.3 Å². The summed E-state index contributed by atoms with van der Waals surface area (Å²) in [5, 5.41) is 8.96. The lowest BCUT2D eigenvalue weighted by atomic mass is 9.83. The molecule has 5 nitrogen and oxygen atoms in total. The fraction of sp³-hybridized carbons (Fsp3) is 0.632. The molecule has 2 saturated heterocycles. The number of aliphatic hydroxyl groups excluding tert-OH is 1. The SMILES string of the molecule is O=C1CC[C@H]2CN(CC=Cc3ccco3)CC[C@H]2N1CCCCO. The van der Waals surface area contributed by atoms with Gasteiger partial charge in [-0.15, -0.1) is 0 Å². The number of nitrogens with zero attached hydrogens (tertiary/aromatic N) is 2. The molecule has 1 aromatic heterocycles. The van der Waals surface area contributed by atoms with Crippen LogP contribution in [0.3, 0.4) is 0 Å². The smallest absolute Gasteiger partial charge is 0.222 e. The first-order valence-corrected chi connectivity index (χ1v) is 9.10. The molecular formula is C19H28N2O3. The van der Waals surface area contributed by atoms with Gasteiger partial charge in [0.25, 0.3) is 0 Å². The van der Waals surface area contributed by atoms with Crippen LogP contribution >= 0.6 is 0 Å². The second-order valence-corrected chi connectivity index (χ2v) is 6.85. The fourth-order valence-electron chi connectivity index (χ4n) is 3.98. The van der Waals surface area contributed by atoms with Gasteiger partial charge >= 0.3 is 0 Å². The lowest BCUT2D eigenvalue weighted by Crippen LogP contribution is -2.56. The monoisotopic (exact) mass is 332 g/mol. The molecule has 0 spiro atoms. The number of unbranched alkanes of at least 4 members (excludes halogenated alkanes) is 1. The highest BCUT2D eigenvalue weighted by Gasteiger charge is 2.38. The van der Waals surface area contributed by atoms with Crippen LogP contribution < -0.4 is 0 Å². The van der Waals surface area contributed by atoms with Crippen LogP contribution in [0.15, 0.2) is 28.9 Å². The van der Waals surface area contributed by atoms with Crippen LogP contribution in [0, 0.1) is 5.92 Å². The van der Waals surface area contributed by atoms with Crippen molar-refractivity contribution in [1.29, 1.82) is 0 Å². The molecular weight excluding hydrogens is 304 g/mol. The number of rotatable bonds is 7. The number of hydrogen-bond donors (Lipinski definition) is 1. The average molecular weight is 332 g/mol. The lowest BCUT2D eigenvalue weighted by molar-refractivity contribution is -0.141. The third-order valence-electron chi connectivity index (χ3n) is 5.22. The van der Waals surface area contributed by atoms with E-state index in [-0.39, 0.29) is 6.61 Å². The molecule has 2 aliphatic heterocycles. The van der Waals surface area contributed by atoms with Crippen molar-refractivity contribution in [1.82, 2.24) is 9.80 Å². The van der Waals surface area contributed by atoms with Gasteiger partial charge in [-0.05, 0) is 49.8 Å². The standard InChI is InChI=1S/C19H28N2O3/c22-13-2-1-11-21-18-9-12-20(15-16(18)7-8-19(21)23)10-3-5-17-6-4-14-24-17/h3-6,14,16,18,22H,1-2,7-13,15H2/t16-,18+/m0/s1. The largest absolute Gasteiger partial charge is 0.465 e. The Bertz CT molecular complexity index is 541. The predicted molar refractivity (Wildman–Crippen MR) is 93.3 cm³/mol. The van der Waals surface area contributed by atoms with Gasteiger partial charge in [-0.25, -0.2) is 0 Å². The third-order valence-corrected chi connectivity index (χ3v) is 5.22. The van der Waals surface area contributed by atoms with Gasteiger partial charge in [0.2, 0.25) is 5.91 Å². The van der Waals surface area contributed by atoms with Crippen molar-refractivity contribution in [3.05, 3.63) is 30.2 Å². The first-order valence-electron chi connectivity index (χ1n) is 9.10. The first kappa shape index (κ1) is 17.2. The Kier molecular flexibility index (Phi) is 6.10. The van der Waals surface area contributed by atoms with Gasteiger partial charge in [0.15, 0.2) is 0 Å². The van der Waals surface area contributed by atoms with E-state index in [1.54, 1.807) is 6.26 Å². The van der Waals surface area contributed by atoms with E-state index >= 15 is 0 Å². The molecule has 5 heteroatoms. The van der Waals surface area contributed by atoms with Gasteiger partial charge in [0.05, 0.1) is 6.26 Å². The lowest BCUT2D eigenvalue weighted by Gasteiger charge is -2.47. The second kappa shape index (κ2) is 8.49. The van der Waals surface area contributed by atoms with Crippen LogP contribution in [0.25, 0.3) is 6.08 Å². The summed E-state index contributed by atoms with van der Waals surface area (Å²) >= 11 is 0. The predicted octanol–water partition coefficient (Wildman–Crippen LogP) is 2.38. The number of fused-ring (bicyclic) bond motifs is 1. The zero-order valence-electron chi connectivity index (χ0n) is 14.3. The molecule has 1 amide bonds. The summed E-state index contributed by atoms with van der Waals surface area (Å²) in [6, 6.07) is 4.25. The van der Waals surface area contributed by atoms with Crippen molar-refractivity contribution in [3.63, 3.8) is 0 Å². The van der Waals surface area contributed by atoms with Crippen molar-refractivity contribution in [2.45, 2.75) is 38.1 Å². The minimum absolute atomic E-state index is 0.214. The molecule has 0 aliphatic carbocycles. The minimum atomic E-state index is 0.214. The molecule has 132 valence electrons. The number of likely N-dealkylation sites (tertiary alicyclic amines) is 2. The number of carbonyl (C=O) groups excluding carboxylic acids is 1. The quantitative estimate of drug-likeness (QED) is 0.779. The van der Waals surface area contributed by atoms with E-state index in [9.17, 15) is 4.79 Å². The highest BCUT2D eigenvalue weighted by Crippen LogP contribution is 2.31. The van der Waals surface area contributed by atoms with Gasteiger partial charge < -0.3 is 14.4 Å². The molecule has 1 N–H and O–H groups in total. The topological polar surface area (TPSA) is 56.9 Å². The van der Waals surface area contributed by atoms with E-state index in [0.717, 1.165) is 57.6 Å². The van der Waals surface area contributed by atoms with Crippen molar-refractivity contribution in [3.8, 4) is 0 Å². The summed E-state index contributed by atoms with van der Waals surface area (Å²) in [5.74, 6) is 1.78. The fourth-order valence-corrected chi connectivity index (χ4v) is 3.98. The molecule has 0 radical (unpaired) electrons. The number of aliphatic hydroxyl groups is 1. The highest BCUT2D eigenvalue weighted by molar-refractivity contribution is 5.77. The zero-order chi connectivity index (χ0) is 16.8. The van der Waals surface area contributed by atoms with Crippen LogP contribution in [0.4, 0.5) is 0 Å². The molecule has 0 unspecified atom stereocenters. The van der Waals surface area contributed by atoms with Gasteiger partial charge in [0.1, 0.15) is 5.76 Å². The number of carbonyl (C=O) groups is 1. The molecule has 3 rings (SSSR count). The zero-order valence-corrected chi connectivity index (χ0v) is 14.3. The molecule has 0 aromatic carbocycles. The molecule has 3 heterocycles. The molecule has 0 saturated carbocycles. The van der Waals surface area contributed by atoms with Crippen molar-refractivity contribution >= 4 is 12.0 Å². The van der Waals surface area contributed by atoms with Crippen molar-refractivity contribution < 1.29 is 14.3 Å². The highest BCUT2D eigenvalue weighted by atomic mass is 16.3. The maximum Gasteiger partial charge on any atom is 0.222 e. The van der Waals surface area contributed by atoms with Gasteiger partial charge in [-0.2, -0.15) is 0 Å². The summed E-state index contributed by atoms with van der Waals surface area (Å²) < 4.78 is 5.31. The van der Waals surface area contributed by atoms with Gasteiger partial charge in [0, 0.05) is 45.2 Å². The molecule has 0 bridgehead atoms. The van der Waals surface area contributed by atoms with Crippen LogP contribution in [0.1, 0.15) is 37.9 Å². The Morgan fingerprint density at radius 3 is 3.04 bits per heavy atom. The van der Waals surface area contributed by atoms with Crippen LogP contribution in [-0.2, 0) is 4.79 Å². The molecule has 1 aromatic rings. The summed E-state index contributed by atoms with van der Waals surface area (Å²) in [4.78, 5) is 16.8. The Morgan fingerprint density at radius 1 is 1.33 bits per heavy atom. The normalized spacial score (nSPS) is 25.4. The molecule has 24 heavy (non-hydrogen) atoms. The van der Waals surface area contributed by atoms with E-state index in [1.165, 1.54) is 0 Å². The summed E-state index contributed by atoms with van der Waals surface area (Å²) in [5.41, 5.74) is 0. The Morgan fingerprint density at radius 2 is 2.25 bits per heavy atom. The maximum atomic E-state index is 12.3. The maximum absolute atomic E-state index is 12.3. The number of amides is 1. The average Bonchev–Trinajstić information content (AvgIpc) is 3.10. The van der Waals surface area contributed by atoms with Crippen molar-refractivity contribution in [2.24, 2.45) is 5.92 Å². The van der Waals surface area contributed by atoms with Crippen LogP contribution in [-0.4, -0.2) is 59.6 Å². The van der Waals surface area contributed by atoms with E-state index in [4.69, 9.17) is 9.52 Å². The first-order chi connectivity index (χ1) is 11.8. The van der Waals surface area contributed by atoms with Gasteiger partial charge in [-0.1, -0.05) is 6.08 Å². The number of piperidine rings is 2. The van der Waals surface area contributed by atoms with Gasteiger partial charge in [-0.3, -0.25) is 9.69 Å². The Balaban J connectivity index is 1.51. The third kappa shape index (κ3) is 4.28. The van der Waals surface area contributed by atoms with Crippen LogP contribution in [0.5, 0.6) is 0 Å². The van der Waals surface area contributed by atoms with E-state index in [2.05, 4.69) is 15.9 Å². The second-order valence-electron chi connectivity index (χ2n) is 6.85. The van der Waals surface area contributed by atoms with E-state index in [1.807, 2.05) is 18.2 Å². The summed E-state index contributed by atoms with van der Waals surface area (Å²) in [6.45, 7) is 4.05. The minimum Gasteiger partial charge on any atom is -0.465 e. The van der Waals surface area contributed by atoms with Crippen LogP contribution in [0.2, 0.25) is 0 Å².